The number of hydrogen-bond donors (Lipinski definition) is 2. The lowest BCUT2D eigenvalue weighted by atomic mass is 9.89. The van der Waals surface area contributed by atoms with Crippen molar-refractivity contribution in [1.29, 1.82) is 0 Å². The summed E-state index contributed by atoms with van der Waals surface area (Å²) in [6.45, 7) is 5.92. The van der Waals surface area contributed by atoms with Crippen LogP contribution in [0.25, 0.3) is 11.1 Å². The molecule has 34 heavy (non-hydrogen) atoms. The van der Waals surface area contributed by atoms with Crippen LogP contribution >= 0.6 is 0 Å². The van der Waals surface area contributed by atoms with Crippen molar-refractivity contribution >= 4 is 32.8 Å². The first-order chi connectivity index (χ1) is 16.2. The third-order valence-electron chi connectivity index (χ3n) is 7.41. The minimum atomic E-state index is -3.56. The average molecular weight is 486 g/mol. The fraction of sp³-hybridized carbons (Fsp3) is 0.500. The highest BCUT2D eigenvalue weighted by atomic mass is 32.2. The van der Waals surface area contributed by atoms with E-state index in [0.29, 0.717) is 18.8 Å². The van der Waals surface area contributed by atoms with Crippen molar-refractivity contribution in [1.82, 2.24) is 19.7 Å². The average Bonchev–Trinajstić information content (AvgIpc) is 2.98. The van der Waals surface area contributed by atoms with Gasteiger partial charge in [0.05, 0.1) is 24.1 Å². The molecule has 5 rings (SSSR count). The van der Waals surface area contributed by atoms with Crippen LogP contribution < -0.4 is 5.32 Å². The molecule has 1 unspecified atom stereocenters. The van der Waals surface area contributed by atoms with Gasteiger partial charge >= 0.3 is 0 Å². The van der Waals surface area contributed by atoms with Crippen LogP contribution in [0.1, 0.15) is 43.5 Å². The van der Waals surface area contributed by atoms with E-state index >= 15 is 0 Å². The van der Waals surface area contributed by atoms with Crippen LogP contribution in [0.15, 0.2) is 28.8 Å². The number of allylic oxidation sites excluding steroid dienone is 2. The number of carbonyl (C=O) groups is 1. The normalized spacial score (nSPS) is 24.1. The number of hydrogen-bond acceptors (Lipinski definition) is 6. The number of fused-ring (bicyclic) bond motifs is 2. The monoisotopic (exact) mass is 485 g/mol. The lowest BCUT2D eigenvalue weighted by molar-refractivity contribution is -0.130. The zero-order valence-electron chi connectivity index (χ0n) is 19.8. The van der Waals surface area contributed by atoms with Crippen molar-refractivity contribution in [2.45, 2.75) is 45.3 Å². The van der Waals surface area contributed by atoms with Crippen LogP contribution in [0.2, 0.25) is 0 Å². The van der Waals surface area contributed by atoms with E-state index in [2.05, 4.69) is 14.6 Å². The number of likely N-dealkylation sites (tertiary alicyclic amines) is 1. The Kier molecular flexibility index (Phi) is 5.68. The summed E-state index contributed by atoms with van der Waals surface area (Å²) in [4.78, 5) is 16.2. The van der Waals surface area contributed by atoms with Gasteiger partial charge in [0.25, 0.3) is 10.0 Å². The van der Waals surface area contributed by atoms with E-state index in [1.54, 1.807) is 19.9 Å². The Morgan fingerprint density at radius 2 is 2.00 bits per heavy atom. The second-order valence-corrected chi connectivity index (χ2v) is 11.3. The fourth-order valence-corrected chi connectivity index (χ4v) is 6.12. The predicted octanol–water partition coefficient (Wildman–Crippen LogP) is 1.61. The highest BCUT2D eigenvalue weighted by Crippen LogP contribution is 2.46. The van der Waals surface area contributed by atoms with E-state index in [0.717, 1.165) is 53.9 Å². The summed E-state index contributed by atoms with van der Waals surface area (Å²) >= 11 is 0. The maximum absolute atomic E-state index is 12.2. The van der Waals surface area contributed by atoms with Crippen molar-refractivity contribution in [3.63, 3.8) is 0 Å². The molecule has 1 saturated heterocycles. The number of aromatic hydroxyl groups is 1. The van der Waals surface area contributed by atoms with E-state index in [-0.39, 0.29) is 29.6 Å². The number of amides is 1. The second kappa shape index (κ2) is 8.42. The molecule has 0 bridgehead atoms. The fourth-order valence-electron chi connectivity index (χ4n) is 5.55. The molecule has 1 aliphatic carbocycles. The quantitative estimate of drug-likeness (QED) is 0.674. The van der Waals surface area contributed by atoms with E-state index in [4.69, 9.17) is 0 Å². The highest BCUT2D eigenvalue weighted by molar-refractivity contribution is 7.90. The lowest BCUT2D eigenvalue weighted by Gasteiger charge is -2.42. The Morgan fingerprint density at radius 3 is 2.68 bits per heavy atom. The van der Waals surface area contributed by atoms with Gasteiger partial charge in [-0.2, -0.15) is 4.40 Å². The van der Waals surface area contributed by atoms with Crippen molar-refractivity contribution < 1.29 is 18.3 Å². The molecule has 4 aliphatic rings. The summed E-state index contributed by atoms with van der Waals surface area (Å²) in [6.07, 6.45) is 9.34. The number of piperidine rings is 1. The van der Waals surface area contributed by atoms with Gasteiger partial charge in [-0.25, -0.2) is 8.42 Å². The van der Waals surface area contributed by atoms with Gasteiger partial charge in [0, 0.05) is 62.7 Å². The summed E-state index contributed by atoms with van der Waals surface area (Å²) in [6, 6.07) is 0.110. The predicted molar refractivity (Wildman–Crippen MR) is 132 cm³/mol. The molecule has 1 aromatic heterocycles. The van der Waals surface area contributed by atoms with Crippen molar-refractivity contribution in [3.8, 4) is 5.88 Å². The van der Waals surface area contributed by atoms with Gasteiger partial charge in [-0.3, -0.25) is 9.69 Å². The van der Waals surface area contributed by atoms with Gasteiger partial charge in [-0.1, -0.05) is 6.08 Å². The molecular weight excluding hydrogens is 454 g/mol. The SMILES string of the molecule is CCS(=O)(=O)N=C1C=CC2C(=C1)c1c3c(n(C)c1O)CNC=C3CN2C1CCN(C(C)=O)CC1. The second-order valence-electron chi connectivity index (χ2n) is 9.33. The molecule has 0 saturated carbocycles. The number of nitrogens with one attached hydrogen (secondary N) is 1. The number of carbonyl (C=O) groups excluding carboxylic acids is 1. The van der Waals surface area contributed by atoms with E-state index in [1.165, 1.54) is 0 Å². The third kappa shape index (κ3) is 3.78. The Labute approximate surface area is 200 Å². The summed E-state index contributed by atoms with van der Waals surface area (Å²) in [5.74, 6) is 0.215. The van der Waals surface area contributed by atoms with Crippen LogP contribution in [0.5, 0.6) is 5.88 Å². The first-order valence-corrected chi connectivity index (χ1v) is 13.4. The van der Waals surface area contributed by atoms with Gasteiger partial charge in [0.1, 0.15) is 0 Å². The van der Waals surface area contributed by atoms with Gasteiger partial charge < -0.3 is 19.9 Å². The third-order valence-corrected chi connectivity index (χ3v) is 8.63. The smallest absolute Gasteiger partial charge is 0.253 e. The van der Waals surface area contributed by atoms with Crippen molar-refractivity contribution in [2.75, 3.05) is 25.4 Å². The summed E-state index contributed by atoms with van der Waals surface area (Å²) in [5, 5.41) is 14.5. The molecule has 4 heterocycles. The number of aromatic nitrogens is 1. The molecule has 2 N–H and O–H groups in total. The van der Waals surface area contributed by atoms with Crippen LogP contribution in [-0.4, -0.2) is 77.0 Å². The molecule has 1 fully saturated rings. The van der Waals surface area contributed by atoms with Crippen molar-refractivity contribution in [3.05, 3.63) is 41.2 Å². The Hall–Kier alpha value is -2.85. The summed E-state index contributed by atoms with van der Waals surface area (Å²) < 4.78 is 30.2. The molecule has 0 radical (unpaired) electrons. The molecule has 9 nitrogen and oxygen atoms in total. The van der Waals surface area contributed by atoms with Crippen LogP contribution in [0.3, 0.4) is 0 Å². The zero-order chi connectivity index (χ0) is 24.2. The van der Waals surface area contributed by atoms with Gasteiger partial charge in [0.15, 0.2) is 5.88 Å². The van der Waals surface area contributed by atoms with Crippen LogP contribution in [-0.2, 0) is 28.4 Å². The van der Waals surface area contributed by atoms with Gasteiger partial charge in [0.2, 0.25) is 5.91 Å². The number of nitrogens with zero attached hydrogens (tertiary/aromatic N) is 4. The van der Waals surface area contributed by atoms with E-state index < -0.39 is 10.0 Å². The first kappa shape index (κ1) is 22.9. The topological polar surface area (TPSA) is 107 Å². The maximum atomic E-state index is 12.2. The maximum Gasteiger partial charge on any atom is 0.253 e. The van der Waals surface area contributed by atoms with E-state index in [1.807, 2.05) is 34.9 Å². The largest absolute Gasteiger partial charge is 0.494 e. The Bertz CT molecular complexity index is 1260. The molecule has 182 valence electrons. The van der Waals surface area contributed by atoms with Gasteiger partial charge in [-0.15, -0.1) is 0 Å². The molecule has 3 aliphatic heterocycles. The first-order valence-electron chi connectivity index (χ1n) is 11.8. The minimum Gasteiger partial charge on any atom is -0.494 e. The minimum absolute atomic E-state index is 0.0671. The lowest BCUT2D eigenvalue weighted by Crippen LogP contribution is -2.50. The molecule has 1 atom stereocenters. The molecular formula is C24H31N5O4S. The number of sulfonamides is 1. The zero-order valence-corrected chi connectivity index (χ0v) is 20.6. The standard InChI is InChI=1S/C24H31N5O4S/c1-4-34(32,33)26-17-5-6-20-19(11-17)23-22-16(12-25-13-21(22)27(3)24(23)31)14-29(20)18-7-9-28(10-8-18)15(2)30/h5-6,11-12,18,20,25,31H,4,7-10,13-14H2,1-3H3. The van der Waals surface area contributed by atoms with Crippen LogP contribution in [0.4, 0.5) is 0 Å². The molecule has 1 aromatic rings. The van der Waals surface area contributed by atoms with Crippen LogP contribution in [0, 0.1) is 0 Å². The molecule has 0 aromatic carbocycles. The number of rotatable bonds is 3. The summed E-state index contributed by atoms with van der Waals surface area (Å²) in [7, 11) is -1.71. The molecule has 10 heteroatoms. The Morgan fingerprint density at radius 1 is 1.26 bits per heavy atom. The Balaban J connectivity index is 1.62. The highest BCUT2D eigenvalue weighted by Gasteiger charge is 2.40. The molecule has 0 spiro atoms. The van der Waals surface area contributed by atoms with Crippen molar-refractivity contribution in [2.24, 2.45) is 11.4 Å². The molecule has 1 amide bonds. The van der Waals surface area contributed by atoms with E-state index in [9.17, 15) is 18.3 Å². The van der Waals surface area contributed by atoms with Gasteiger partial charge in [-0.05, 0) is 43.1 Å². The summed E-state index contributed by atoms with van der Waals surface area (Å²) in [5.41, 5.74) is 5.12.